The third-order valence-corrected chi connectivity index (χ3v) is 4.10. The fourth-order valence-corrected chi connectivity index (χ4v) is 2.80. The fourth-order valence-electron chi connectivity index (χ4n) is 1.54. The molecule has 9 heteroatoms. The third kappa shape index (κ3) is 5.04. The van der Waals surface area contributed by atoms with E-state index in [4.69, 9.17) is 15.6 Å². The van der Waals surface area contributed by atoms with Crippen molar-refractivity contribution in [3.63, 3.8) is 0 Å². The number of rotatable bonds is 8. The summed E-state index contributed by atoms with van der Waals surface area (Å²) in [5.74, 6) is -1.77. The van der Waals surface area contributed by atoms with Gasteiger partial charge < -0.3 is 15.6 Å². The number of aliphatic carboxylic acids is 1. The largest absolute Gasteiger partial charge is 0.497 e. The van der Waals surface area contributed by atoms with Crippen LogP contribution in [0.25, 0.3) is 0 Å². The van der Waals surface area contributed by atoms with Crippen molar-refractivity contribution in [1.82, 2.24) is 4.72 Å². The van der Waals surface area contributed by atoms with Gasteiger partial charge in [-0.25, -0.2) is 8.42 Å². The lowest BCUT2D eigenvalue weighted by atomic mass is 10.2. The molecule has 8 nitrogen and oxygen atoms in total. The van der Waals surface area contributed by atoms with Crippen LogP contribution < -0.4 is 15.2 Å². The second kappa shape index (κ2) is 7.04. The topological polar surface area (TPSA) is 136 Å². The van der Waals surface area contributed by atoms with Crippen molar-refractivity contribution in [2.24, 2.45) is 5.73 Å². The van der Waals surface area contributed by atoms with E-state index in [0.29, 0.717) is 5.75 Å². The number of hydrogen-bond donors (Lipinski definition) is 3. The molecule has 116 valence electrons. The Morgan fingerprint density at radius 1 is 1.43 bits per heavy atom. The molecule has 0 aliphatic carbocycles. The molecule has 0 radical (unpaired) electrons. The molecule has 21 heavy (non-hydrogen) atoms. The highest BCUT2D eigenvalue weighted by molar-refractivity contribution is 7.89. The molecule has 1 aromatic carbocycles. The molecule has 0 saturated carbocycles. The van der Waals surface area contributed by atoms with Gasteiger partial charge in [-0.05, 0) is 18.6 Å². The molecule has 0 fully saturated rings. The van der Waals surface area contributed by atoms with Gasteiger partial charge in [0, 0.05) is 12.5 Å². The molecule has 0 spiro atoms. The van der Waals surface area contributed by atoms with Crippen LogP contribution in [-0.2, 0) is 19.6 Å². The number of carboxylic acid groups (broad SMARTS) is 1. The van der Waals surface area contributed by atoms with Gasteiger partial charge in [-0.15, -0.1) is 0 Å². The standard InChI is InChI=1S/C12H16N2O6S/c1-20-8-3-2-4-9(7-8)21(18,19)14-10(12(16)17)5-6-11(13)15/h2-4,7,10,14H,5-6H2,1H3,(H2,13,15)(H,16,17)/t10-/m1/s1. The first kappa shape index (κ1) is 16.9. The van der Waals surface area contributed by atoms with E-state index in [-0.39, 0.29) is 17.7 Å². The summed E-state index contributed by atoms with van der Waals surface area (Å²) >= 11 is 0. The van der Waals surface area contributed by atoms with Gasteiger partial charge in [-0.2, -0.15) is 4.72 Å². The van der Waals surface area contributed by atoms with Gasteiger partial charge in [-0.3, -0.25) is 9.59 Å². The van der Waals surface area contributed by atoms with Crippen molar-refractivity contribution < 1.29 is 27.9 Å². The summed E-state index contributed by atoms with van der Waals surface area (Å²) in [6, 6.07) is 4.15. The van der Waals surface area contributed by atoms with E-state index >= 15 is 0 Å². The molecule has 0 aliphatic rings. The van der Waals surface area contributed by atoms with Crippen molar-refractivity contribution in [2.75, 3.05) is 7.11 Å². The number of hydrogen-bond acceptors (Lipinski definition) is 5. The van der Waals surface area contributed by atoms with Gasteiger partial charge in [0.05, 0.1) is 12.0 Å². The molecule has 4 N–H and O–H groups in total. The van der Waals surface area contributed by atoms with Gasteiger partial charge in [0.25, 0.3) is 0 Å². The number of carboxylic acids is 1. The van der Waals surface area contributed by atoms with Crippen LogP contribution in [0.15, 0.2) is 29.2 Å². The smallest absolute Gasteiger partial charge is 0.321 e. The molecule has 1 rings (SSSR count). The normalized spacial score (nSPS) is 12.6. The lowest BCUT2D eigenvalue weighted by molar-refractivity contribution is -0.139. The minimum absolute atomic E-state index is 0.132. The molecule has 0 aliphatic heterocycles. The van der Waals surface area contributed by atoms with E-state index in [1.54, 1.807) is 6.07 Å². The zero-order valence-corrected chi connectivity index (χ0v) is 12.1. The van der Waals surface area contributed by atoms with E-state index in [0.717, 1.165) is 0 Å². The van der Waals surface area contributed by atoms with Gasteiger partial charge >= 0.3 is 5.97 Å². The number of nitrogens with one attached hydrogen (secondary N) is 1. The summed E-state index contributed by atoms with van der Waals surface area (Å²) in [4.78, 5) is 21.6. The first-order chi connectivity index (χ1) is 9.76. The molecule has 0 heterocycles. The maximum absolute atomic E-state index is 12.1. The van der Waals surface area contributed by atoms with Crippen LogP contribution in [0.3, 0.4) is 0 Å². The quantitative estimate of drug-likeness (QED) is 0.602. The number of ether oxygens (including phenoxy) is 1. The molecule has 1 amide bonds. The Bertz CT molecular complexity index is 628. The average molecular weight is 316 g/mol. The van der Waals surface area contributed by atoms with Gasteiger partial charge in [0.1, 0.15) is 11.8 Å². The van der Waals surface area contributed by atoms with Gasteiger partial charge in [-0.1, -0.05) is 6.07 Å². The third-order valence-electron chi connectivity index (χ3n) is 2.63. The first-order valence-electron chi connectivity index (χ1n) is 5.94. The molecule has 1 aromatic rings. The Morgan fingerprint density at radius 2 is 2.10 bits per heavy atom. The van der Waals surface area contributed by atoms with Crippen LogP contribution >= 0.6 is 0 Å². The molecule has 0 aromatic heterocycles. The second-order valence-electron chi connectivity index (χ2n) is 4.20. The van der Waals surface area contributed by atoms with E-state index in [2.05, 4.69) is 0 Å². The van der Waals surface area contributed by atoms with E-state index in [1.165, 1.54) is 25.3 Å². The second-order valence-corrected chi connectivity index (χ2v) is 5.91. The Morgan fingerprint density at radius 3 is 2.62 bits per heavy atom. The number of nitrogens with two attached hydrogens (primary N) is 1. The number of amides is 1. The molecule has 0 saturated heterocycles. The zero-order chi connectivity index (χ0) is 16.0. The number of primary amides is 1. The Hall–Kier alpha value is -2.13. The van der Waals surface area contributed by atoms with Crippen LogP contribution in [0.5, 0.6) is 5.75 Å². The number of benzene rings is 1. The summed E-state index contributed by atoms with van der Waals surface area (Å²) in [5, 5.41) is 8.99. The summed E-state index contributed by atoms with van der Waals surface area (Å²) < 4.78 is 31.2. The molecule has 0 bridgehead atoms. The minimum Gasteiger partial charge on any atom is -0.497 e. The molecular weight excluding hydrogens is 300 g/mol. The first-order valence-corrected chi connectivity index (χ1v) is 7.42. The SMILES string of the molecule is COc1cccc(S(=O)(=O)N[C@H](CCC(N)=O)C(=O)O)c1. The predicted octanol–water partition coefficient (Wildman–Crippen LogP) is -0.308. The molecular formula is C12H16N2O6S. The van der Waals surface area contributed by atoms with Gasteiger partial charge in [0.15, 0.2) is 0 Å². The van der Waals surface area contributed by atoms with Crippen LogP contribution in [0, 0.1) is 0 Å². The van der Waals surface area contributed by atoms with Crippen LogP contribution in [0.4, 0.5) is 0 Å². The molecule has 0 unspecified atom stereocenters. The van der Waals surface area contributed by atoms with Crippen molar-refractivity contribution in [2.45, 2.75) is 23.8 Å². The number of carbonyl (C=O) groups is 2. The minimum atomic E-state index is -4.05. The monoisotopic (exact) mass is 316 g/mol. The van der Waals surface area contributed by atoms with E-state index in [1.807, 2.05) is 4.72 Å². The maximum Gasteiger partial charge on any atom is 0.321 e. The van der Waals surface area contributed by atoms with Crippen LogP contribution in [0.1, 0.15) is 12.8 Å². The predicted molar refractivity (Wildman–Crippen MR) is 73.2 cm³/mol. The summed E-state index contributed by atoms with van der Waals surface area (Å²) in [7, 11) is -2.67. The lowest BCUT2D eigenvalue weighted by Crippen LogP contribution is -2.41. The Labute approximate surface area is 122 Å². The van der Waals surface area contributed by atoms with Crippen LogP contribution in [0.2, 0.25) is 0 Å². The van der Waals surface area contributed by atoms with Crippen molar-refractivity contribution in [3.05, 3.63) is 24.3 Å². The van der Waals surface area contributed by atoms with Crippen molar-refractivity contribution in [1.29, 1.82) is 0 Å². The van der Waals surface area contributed by atoms with Crippen molar-refractivity contribution >= 4 is 21.9 Å². The Kier molecular flexibility index (Phi) is 5.68. The lowest BCUT2D eigenvalue weighted by Gasteiger charge is -2.14. The fraction of sp³-hybridized carbons (Fsp3) is 0.333. The van der Waals surface area contributed by atoms with Gasteiger partial charge in [0.2, 0.25) is 15.9 Å². The Balaban J connectivity index is 2.94. The molecule has 1 atom stereocenters. The average Bonchev–Trinajstić information content (AvgIpc) is 2.43. The summed E-state index contributed by atoms with van der Waals surface area (Å²) in [6.45, 7) is 0. The number of methoxy groups -OCH3 is 1. The number of carbonyl (C=O) groups excluding carboxylic acids is 1. The summed E-state index contributed by atoms with van der Waals surface area (Å²) in [6.07, 6.45) is -0.467. The highest BCUT2D eigenvalue weighted by atomic mass is 32.2. The van der Waals surface area contributed by atoms with Crippen molar-refractivity contribution in [3.8, 4) is 5.75 Å². The zero-order valence-electron chi connectivity index (χ0n) is 11.3. The van der Waals surface area contributed by atoms with E-state index < -0.39 is 27.9 Å². The van der Waals surface area contributed by atoms with E-state index in [9.17, 15) is 18.0 Å². The number of sulfonamides is 1. The highest BCUT2D eigenvalue weighted by Crippen LogP contribution is 2.17. The summed E-state index contributed by atoms with van der Waals surface area (Å²) in [5.41, 5.74) is 4.93. The highest BCUT2D eigenvalue weighted by Gasteiger charge is 2.25. The van der Waals surface area contributed by atoms with Crippen LogP contribution in [-0.4, -0.2) is 38.6 Å². The maximum atomic E-state index is 12.1.